The molecule has 0 aromatic heterocycles. The van der Waals surface area contributed by atoms with Crippen LogP contribution in [-0.2, 0) is 4.79 Å². The number of nitrogens with two attached hydrogens (primary N) is 1. The minimum Gasteiger partial charge on any atom is -0.481 e. The largest absolute Gasteiger partial charge is 0.481 e. The third-order valence-corrected chi connectivity index (χ3v) is 2.71. The van der Waals surface area contributed by atoms with Crippen LogP contribution >= 0.6 is 0 Å². The summed E-state index contributed by atoms with van der Waals surface area (Å²) in [4.78, 5) is 10.9. The molecule has 0 radical (unpaired) electrons. The van der Waals surface area contributed by atoms with Crippen LogP contribution in [0.3, 0.4) is 0 Å². The monoisotopic (exact) mass is 173 g/mol. The van der Waals surface area contributed by atoms with Gasteiger partial charge in [0.1, 0.15) is 0 Å². The topological polar surface area (TPSA) is 83.5 Å². The van der Waals surface area contributed by atoms with Gasteiger partial charge in [-0.2, -0.15) is 0 Å². The maximum absolute atomic E-state index is 10.9. The van der Waals surface area contributed by atoms with Crippen LogP contribution in [0.5, 0.6) is 0 Å². The van der Waals surface area contributed by atoms with Crippen molar-refractivity contribution in [1.29, 1.82) is 0 Å². The van der Waals surface area contributed by atoms with E-state index in [-0.39, 0.29) is 25.5 Å². The first-order chi connectivity index (χ1) is 5.67. The average molecular weight is 173 g/mol. The number of rotatable bonds is 5. The molecule has 1 saturated carbocycles. The van der Waals surface area contributed by atoms with E-state index in [1.54, 1.807) is 0 Å². The minimum absolute atomic E-state index is 0.0972. The first kappa shape index (κ1) is 9.48. The van der Waals surface area contributed by atoms with Crippen molar-refractivity contribution < 1.29 is 15.0 Å². The molecule has 0 saturated heterocycles. The Morgan fingerprint density at radius 1 is 1.58 bits per heavy atom. The lowest BCUT2D eigenvalue weighted by atomic mass is 9.80. The van der Waals surface area contributed by atoms with Crippen molar-refractivity contribution in [3.8, 4) is 0 Å². The molecule has 1 unspecified atom stereocenters. The van der Waals surface area contributed by atoms with Crippen LogP contribution in [0.25, 0.3) is 0 Å². The molecule has 4 nitrogen and oxygen atoms in total. The van der Waals surface area contributed by atoms with Gasteiger partial charge in [-0.3, -0.25) is 4.79 Å². The van der Waals surface area contributed by atoms with Crippen LogP contribution in [-0.4, -0.2) is 29.3 Å². The van der Waals surface area contributed by atoms with Gasteiger partial charge in [-0.25, -0.2) is 0 Å². The number of hydrogen-bond donors (Lipinski definition) is 3. The molecule has 4 heteroatoms. The van der Waals surface area contributed by atoms with Crippen LogP contribution in [0.1, 0.15) is 19.3 Å². The Morgan fingerprint density at radius 2 is 2.17 bits per heavy atom. The highest BCUT2D eigenvalue weighted by Gasteiger charge is 2.49. The predicted octanol–water partition coefficient (Wildman–Crippen LogP) is -0.191. The van der Waals surface area contributed by atoms with Crippen LogP contribution in [0.2, 0.25) is 0 Å². The third-order valence-electron chi connectivity index (χ3n) is 2.71. The Kier molecular flexibility index (Phi) is 2.69. The Hall–Kier alpha value is -0.610. The molecule has 0 amide bonds. The van der Waals surface area contributed by atoms with Crippen molar-refractivity contribution in [2.75, 3.05) is 13.2 Å². The number of carboxylic acids is 1. The van der Waals surface area contributed by atoms with Crippen LogP contribution in [0, 0.1) is 11.3 Å². The van der Waals surface area contributed by atoms with Crippen molar-refractivity contribution in [2.45, 2.75) is 19.3 Å². The zero-order chi connectivity index (χ0) is 9.19. The Morgan fingerprint density at radius 3 is 2.42 bits per heavy atom. The zero-order valence-corrected chi connectivity index (χ0v) is 6.99. The summed E-state index contributed by atoms with van der Waals surface area (Å²) in [6, 6.07) is 0. The molecule has 1 aliphatic carbocycles. The molecule has 0 heterocycles. The predicted molar refractivity (Wildman–Crippen MR) is 43.6 cm³/mol. The number of aliphatic hydroxyl groups is 1. The summed E-state index contributed by atoms with van der Waals surface area (Å²) >= 11 is 0. The molecule has 0 bridgehead atoms. The number of hydrogen-bond acceptors (Lipinski definition) is 3. The number of aliphatic hydroxyl groups excluding tert-OH is 1. The van der Waals surface area contributed by atoms with Gasteiger partial charge in [0, 0.05) is 13.2 Å². The lowest BCUT2D eigenvalue weighted by molar-refractivity contribution is -0.150. The fourth-order valence-corrected chi connectivity index (χ4v) is 1.68. The van der Waals surface area contributed by atoms with E-state index < -0.39 is 11.4 Å². The molecular weight excluding hydrogens is 158 g/mol. The molecule has 0 aliphatic heterocycles. The Labute approximate surface area is 71.4 Å². The van der Waals surface area contributed by atoms with Gasteiger partial charge in [-0.15, -0.1) is 0 Å². The molecule has 12 heavy (non-hydrogen) atoms. The smallest absolute Gasteiger partial charge is 0.311 e. The van der Waals surface area contributed by atoms with Gasteiger partial charge < -0.3 is 15.9 Å². The molecule has 0 spiro atoms. The van der Waals surface area contributed by atoms with Crippen LogP contribution in [0.4, 0.5) is 0 Å². The van der Waals surface area contributed by atoms with Gasteiger partial charge in [0.15, 0.2) is 0 Å². The van der Waals surface area contributed by atoms with Crippen molar-refractivity contribution in [3.05, 3.63) is 0 Å². The average Bonchev–Trinajstić information content (AvgIpc) is 2.82. The maximum atomic E-state index is 10.9. The Balaban J connectivity index is 2.71. The maximum Gasteiger partial charge on any atom is 0.311 e. The summed E-state index contributed by atoms with van der Waals surface area (Å²) in [5, 5.41) is 17.7. The second-order valence-corrected chi connectivity index (χ2v) is 3.41. The van der Waals surface area contributed by atoms with E-state index in [2.05, 4.69) is 0 Å². The van der Waals surface area contributed by atoms with E-state index in [4.69, 9.17) is 15.9 Å². The van der Waals surface area contributed by atoms with E-state index in [0.717, 1.165) is 12.8 Å². The molecule has 70 valence electrons. The van der Waals surface area contributed by atoms with E-state index in [9.17, 15) is 4.79 Å². The van der Waals surface area contributed by atoms with Crippen molar-refractivity contribution in [2.24, 2.45) is 17.1 Å². The SMILES string of the molecule is NCC(CCO)(C(=O)O)C1CC1. The standard InChI is InChI=1S/C8H15NO3/c9-5-8(3-4-10,7(11)12)6-1-2-6/h6,10H,1-5,9H2,(H,11,12). The summed E-state index contributed by atoms with van der Waals surface area (Å²) in [7, 11) is 0. The van der Waals surface area contributed by atoms with E-state index in [1.165, 1.54) is 0 Å². The van der Waals surface area contributed by atoms with Crippen molar-refractivity contribution in [3.63, 3.8) is 0 Å². The molecule has 1 fully saturated rings. The normalized spacial score (nSPS) is 21.8. The zero-order valence-electron chi connectivity index (χ0n) is 6.99. The van der Waals surface area contributed by atoms with E-state index >= 15 is 0 Å². The highest BCUT2D eigenvalue weighted by atomic mass is 16.4. The van der Waals surface area contributed by atoms with E-state index in [1.807, 2.05) is 0 Å². The number of aliphatic carboxylic acids is 1. The lowest BCUT2D eigenvalue weighted by Gasteiger charge is -2.26. The second kappa shape index (κ2) is 3.41. The first-order valence-electron chi connectivity index (χ1n) is 4.21. The highest BCUT2D eigenvalue weighted by molar-refractivity contribution is 5.75. The van der Waals surface area contributed by atoms with Gasteiger partial charge in [-0.05, 0) is 25.2 Å². The second-order valence-electron chi connectivity index (χ2n) is 3.41. The van der Waals surface area contributed by atoms with Gasteiger partial charge in [-0.1, -0.05) is 0 Å². The summed E-state index contributed by atoms with van der Waals surface area (Å²) in [5.74, 6) is -0.673. The molecule has 1 rings (SSSR count). The number of carboxylic acid groups (broad SMARTS) is 1. The van der Waals surface area contributed by atoms with Crippen molar-refractivity contribution in [1.82, 2.24) is 0 Å². The molecular formula is C8H15NO3. The Bertz CT molecular complexity index is 179. The highest BCUT2D eigenvalue weighted by Crippen LogP contribution is 2.47. The fourth-order valence-electron chi connectivity index (χ4n) is 1.68. The molecule has 1 atom stereocenters. The third kappa shape index (κ3) is 1.44. The summed E-state index contributed by atoms with van der Waals surface area (Å²) in [5.41, 5.74) is 4.59. The van der Waals surface area contributed by atoms with Gasteiger partial charge >= 0.3 is 5.97 Å². The number of carbonyl (C=O) groups is 1. The van der Waals surface area contributed by atoms with Crippen molar-refractivity contribution >= 4 is 5.97 Å². The van der Waals surface area contributed by atoms with Crippen LogP contribution in [0.15, 0.2) is 0 Å². The summed E-state index contributed by atoms with van der Waals surface area (Å²) in [6.45, 7) is 0.0353. The molecule has 1 aliphatic rings. The quantitative estimate of drug-likeness (QED) is 0.538. The first-order valence-corrected chi connectivity index (χ1v) is 4.21. The molecule has 0 aromatic carbocycles. The van der Waals surface area contributed by atoms with E-state index in [0.29, 0.717) is 0 Å². The minimum atomic E-state index is -0.860. The van der Waals surface area contributed by atoms with Gasteiger partial charge in [0.2, 0.25) is 0 Å². The molecule has 4 N–H and O–H groups in total. The lowest BCUT2D eigenvalue weighted by Crippen LogP contribution is -2.41. The molecule has 0 aromatic rings. The van der Waals surface area contributed by atoms with Crippen LogP contribution < -0.4 is 5.73 Å². The fraction of sp³-hybridized carbons (Fsp3) is 0.875. The summed E-state index contributed by atoms with van der Waals surface area (Å²) < 4.78 is 0. The van der Waals surface area contributed by atoms with Gasteiger partial charge in [0.25, 0.3) is 0 Å². The summed E-state index contributed by atoms with van der Waals surface area (Å²) in [6.07, 6.45) is 2.15. The van der Waals surface area contributed by atoms with Gasteiger partial charge in [0.05, 0.1) is 5.41 Å².